The number of carbonyl (C=O) groups excluding carboxylic acids is 2. The molecule has 1 aliphatic rings. The van der Waals surface area contributed by atoms with Gasteiger partial charge in [-0.1, -0.05) is 0 Å². The number of benzene rings is 1. The van der Waals surface area contributed by atoms with E-state index in [4.69, 9.17) is 14.2 Å². The average Bonchev–Trinajstić information content (AvgIpc) is 2.60. The maximum atomic E-state index is 12.3. The van der Waals surface area contributed by atoms with Crippen molar-refractivity contribution in [3.8, 4) is 5.75 Å². The first-order valence-electron chi connectivity index (χ1n) is 8.49. The minimum absolute atomic E-state index is 0.0661. The second-order valence-corrected chi connectivity index (χ2v) is 6.05. The van der Waals surface area contributed by atoms with E-state index in [0.29, 0.717) is 23.7 Å². The van der Waals surface area contributed by atoms with Crippen LogP contribution in [0.1, 0.15) is 33.1 Å². The molecule has 2 rings (SSSR count). The normalized spacial score (nSPS) is 18.3. The standard InChI is InChI=1S/C18H26N2O5/c1-12(25-11-15-6-4-5-9-24-15)18(22)20-14-7-8-17(23-3)16(10-14)19-13(2)21/h7-8,10,12,15H,4-6,9,11H2,1-3H3,(H,19,21)(H,20,22). The molecule has 1 saturated heterocycles. The highest BCUT2D eigenvalue weighted by molar-refractivity contribution is 5.96. The number of hydrogen-bond acceptors (Lipinski definition) is 5. The van der Waals surface area contributed by atoms with Crippen LogP contribution >= 0.6 is 0 Å². The van der Waals surface area contributed by atoms with Gasteiger partial charge in [-0.05, 0) is 44.4 Å². The summed E-state index contributed by atoms with van der Waals surface area (Å²) in [5, 5.41) is 5.46. The van der Waals surface area contributed by atoms with Crippen molar-refractivity contribution >= 4 is 23.2 Å². The van der Waals surface area contributed by atoms with Crippen molar-refractivity contribution in [2.24, 2.45) is 0 Å². The lowest BCUT2D eigenvalue weighted by atomic mass is 10.1. The Morgan fingerprint density at radius 3 is 2.76 bits per heavy atom. The molecule has 138 valence electrons. The van der Waals surface area contributed by atoms with Crippen LogP contribution in [0.3, 0.4) is 0 Å². The Labute approximate surface area is 148 Å². The van der Waals surface area contributed by atoms with Crippen LogP contribution in [0, 0.1) is 0 Å². The fraction of sp³-hybridized carbons (Fsp3) is 0.556. The third kappa shape index (κ3) is 6.03. The fourth-order valence-electron chi connectivity index (χ4n) is 2.58. The first-order valence-corrected chi connectivity index (χ1v) is 8.49. The van der Waals surface area contributed by atoms with Gasteiger partial charge >= 0.3 is 0 Å². The Hall–Kier alpha value is -2.12. The highest BCUT2D eigenvalue weighted by atomic mass is 16.5. The van der Waals surface area contributed by atoms with Gasteiger partial charge in [-0.3, -0.25) is 9.59 Å². The second kappa shape index (κ2) is 9.39. The van der Waals surface area contributed by atoms with Gasteiger partial charge in [0, 0.05) is 19.2 Å². The molecule has 0 spiro atoms. The molecule has 0 bridgehead atoms. The summed E-state index contributed by atoms with van der Waals surface area (Å²) in [6, 6.07) is 5.04. The van der Waals surface area contributed by atoms with Crippen molar-refractivity contribution < 1.29 is 23.8 Å². The third-order valence-electron chi connectivity index (χ3n) is 3.95. The molecule has 0 aliphatic carbocycles. The molecular formula is C18H26N2O5. The van der Waals surface area contributed by atoms with Crippen LogP contribution in [0.25, 0.3) is 0 Å². The average molecular weight is 350 g/mol. The summed E-state index contributed by atoms with van der Waals surface area (Å²) in [5.41, 5.74) is 1.05. The maximum absolute atomic E-state index is 12.3. The number of carbonyl (C=O) groups is 2. The number of hydrogen-bond donors (Lipinski definition) is 2. The topological polar surface area (TPSA) is 85.9 Å². The van der Waals surface area contributed by atoms with Crippen LogP contribution in [0.4, 0.5) is 11.4 Å². The van der Waals surface area contributed by atoms with Crippen LogP contribution in [0.5, 0.6) is 5.75 Å². The molecule has 1 fully saturated rings. The van der Waals surface area contributed by atoms with Gasteiger partial charge < -0.3 is 24.8 Å². The Kier molecular flexibility index (Phi) is 7.21. The zero-order chi connectivity index (χ0) is 18.2. The highest BCUT2D eigenvalue weighted by Gasteiger charge is 2.19. The molecule has 2 atom stereocenters. The molecule has 2 unspecified atom stereocenters. The van der Waals surface area contributed by atoms with Gasteiger partial charge in [-0.15, -0.1) is 0 Å². The molecule has 0 saturated carbocycles. The van der Waals surface area contributed by atoms with Gasteiger partial charge in [0.05, 0.1) is 25.5 Å². The zero-order valence-corrected chi connectivity index (χ0v) is 15.0. The third-order valence-corrected chi connectivity index (χ3v) is 3.95. The van der Waals surface area contributed by atoms with E-state index >= 15 is 0 Å². The lowest BCUT2D eigenvalue weighted by Gasteiger charge is -2.24. The van der Waals surface area contributed by atoms with E-state index in [-0.39, 0.29) is 17.9 Å². The van der Waals surface area contributed by atoms with Gasteiger partial charge in [0.2, 0.25) is 5.91 Å². The summed E-state index contributed by atoms with van der Waals surface area (Å²) in [6.45, 7) is 4.28. The molecular weight excluding hydrogens is 324 g/mol. The molecule has 1 aliphatic heterocycles. The van der Waals surface area contributed by atoms with Gasteiger partial charge in [0.15, 0.2) is 0 Å². The molecule has 25 heavy (non-hydrogen) atoms. The predicted octanol–water partition coefficient (Wildman–Crippen LogP) is 2.57. The van der Waals surface area contributed by atoms with Crippen LogP contribution in [-0.2, 0) is 19.1 Å². The molecule has 2 amide bonds. The van der Waals surface area contributed by atoms with E-state index in [1.807, 2.05) is 0 Å². The summed E-state index contributed by atoms with van der Waals surface area (Å²) >= 11 is 0. The Balaban J connectivity index is 1.90. The minimum atomic E-state index is -0.600. The van der Waals surface area contributed by atoms with Crippen molar-refractivity contribution in [2.45, 2.75) is 45.3 Å². The van der Waals surface area contributed by atoms with E-state index < -0.39 is 6.10 Å². The molecule has 0 aromatic heterocycles. The van der Waals surface area contributed by atoms with E-state index in [9.17, 15) is 9.59 Å². The Bertz CT molecular complexity index is 599. The smallest absolute Gasteiger partial charge is 0.253 e. The molecule has 2 N–H and O–H groups in total. The molecule has 1 heterocycles. The lowest BCUT2D eigenvalue weighted by molar-refractivity contribution is -0.130. The molecule has 1 aromatic rings. The lowest BCUT2D eigenvalue weighted by Crippen LogP contribution is -2.32. The Morgan fingerprint density at radius 2 is 2.12 bits per heavy atom. The van der Waals surface area contributed by atoms with Gasteiger partial charge in [0.25, 0.3) is 5.91 Å². The summed E-state index contributed by atoms with van der Waals surface area (Å²) < 4.78 is 16.4. The zero-order valence-electron chi connectivity index (χ0n) is 15.0. The SMILES string of the molecule is COc1ccc(NC(=O)C(C)OCC2CCCCO2)cc1NC(C)=O. The number of amides is 2. The summed E-state index contributed by atoms with van der Waals surface area (Å²) in [5.74, 6) is 0.0488. The monoisotopic (exact) mass is 350 g/mol. The van der Waals surface area contributed by atoms with Crippen molar-refractivity contribution in [2.75, 3.05) is 31.0 Å². The molecule has 7 nitrogen and oxygen atoms in total. The molecule has 0 radical (unpaired) electrons. The molecule has 1 aromatic carbocycles. The van der Waals surface area contributed by atoms with Gasteiger partial charge in [-0.25, -0.2) is 0 Å². The fourth-order valence-corrected chi connectivity index (χ4v) is 2.58. The first kappa shape index (κ1) is 19.2. The van der Waals surface area contributed by atoms with E-state index in [1.54, 1.807) is 25.1 Å². The Morgan fingerprint density at radius 1 is 1.32 bits per heavy atom. The summed E-state index contributed by atoms with van der Waals surface area (Å²) in [7, 11) is 1.52. The van der Waals surface area contributed by atoms with Crippen molar-refractivity contribution in [1.82, 2.24) is 0 Å². The highest BCUT2D eigenvalue weighted by Crippen LogP contribution is 2.28. The van der Waals surface area contributed by atoms with Crippen LogP contribution in [0.2, 0.25) is 0 Å². The van der Waals surface area contributed by atoms with Crippen molar-refractivity contribution in [3.05, 3.63) is 18.2 Å². The van der Waals surface area contributed by atoms with Crippen molar-refractivity contribution in [1.29, 1.82) is 0 Å². The van der Waals surface area contributed by atoms with Gasteiger partial charge in [0.1, 0.15) is 11.9 Å². The second-order valence-electron chi connectivity index (χ2n) is 6.05. The quantitative estimate of drug-likeness (QED) is 0.789. The number of nitrogens with one attached hydrogen (secondary N) is 2. The van der Waals surface area contributed by atoms with Crippen LogP contribution in [0.15, 0.2) is 18.2 Å². The maximum Gasteiger partial charge on any atom is 0.253 e. The number of ether oxygens (including phenoxy) is 3. The van der Waals surface area contributed by atoms with Gasteiger partial charge in [-0.2, -0.15) is 0 Å². The predicted molar refractivity (Wildman–Crippen MR) is 94.9 cm³/mol. The van der Waals surface area contributed by atoms with E-state index in [0.717, 1.165) is 25.9 Å². The number of methoxy groups -OCH3 is 1. The first-order chi connectivity index (χ1) is 12.0. The number of anilines is 2. The largest absolute Gasteiger partial charge is 0.495 e. The molecule has 7 heteroatoms. The van der Waals surface area contributed by atoms with Crippen LogP contribution < -0.4 is 15.4 Å². The van der Waals surface area contributed by atoms with E-state index in [2.05, 4.69) is 10.6 Å². The minimum Gasteiger partial charge on any atom is -0.495 e. The van der Waals surface area contributed by atoms with Crippen LogP contribution in [-0.4, -0.2) is 44.3 Å². The summed E-state index contributed by atoms with van der Waals surface area (Å²) in [4.78, 5) is 23.6. The number of rotatable bonds is 7. The van der Waals surface area contributed by atoms with Crippen molar-refractivity contribution in [3.63, 3.8) is 0 Å². The summed E-state index contributed by atoms with van der Waals surface area (Å²) in [6.07, 6.45) is 2.65. The van der Waals surface area contributed by atoms with E-state index in [1.165, 1.54) is 14.0 Å².